The molecule has 1 aliphatic carbocycles. The van der Waals surface area contributed by atoms with E-state index in [0.29, 0.717) is 5.82 Å². The lowest BCUT2D eigenvalue weighted by atomic mass is 9.67. The standard InChI is InChI=1S/C32H33N7O/c33-29-28-27(24-8-7-22-9-10-25(36-26(22)19-24)21-5-2-1-3-6-21)37-31(39(28)18-15-35-29)32(13-4-14-32)20-38-16-11-23(12-17-38)30(34)40/h1-3,5-10,15,18-19,23H,4,11-14,16-17,20H2,(H2,33,35)(H2,34,40). The van der Waals surface area contributed by atoms with Crippen molar-refractivity contribution in [3.8, 4) is 22.5 Å². The highest BCUT2D eigenvalue weighted by atomic mass is 16.1. The van der Waals surface area contributed by atoms with Gasteiger partial charge in [0.15, 0.2) is 0 Å². The average molecular weight is 532 g/mol. The monoisotopic (exact) mass is 531 g/mol. The molecule has 0 radical (unpaired) electrons. The summed E-state index contributed by atoms with van der Waals surface area (Å²) in [6, 6.07) is 20.7. The number of pyridine rings is 1. The van der Waals surface area contributed by atoms with Crippen molar-refractivity contribution in [2.24, 2.45) is 11.7 Å². The molecule has 1 amide bonds. The first-order valence-corrected chi connectivity index (χ1v) is 14.1. The number of nitrogen functional groups attached to an aromatic ring is 1. The normalized spacial score (nSPS) is 17.7. The number of nitrogens with zero attached hydrogens (tertiary/aromatic N) is 5. The van der Waals surface area contributed by atoms with E-state index in [1.165, 1.54) is 6.42 Å². The fourth-order valence-electron chi connectivity index (χ4n) is 6.53. The van der Waals surface area contributed by atoms with Crippen LogP contribution in [0.4, 0.5) is 5.82 Å². The minimum absolute atomic E-state index is 0.0118. The Kier molecular flexibility index (Phi) is 6.00. The van der Waals surface area contributed by atoms with Crippen molar-refractivity contribution in [3.63, 3.8) is 0 Å². The number of hydrogen-bond acceptors (Lipinski definition) is 6. The molecule has 2 aliphatic rings. The van der Waals surface area contributed by atoms with Crippen molar-refractivity contribution >= 4 is 28.1 Å². The summed E-state index contributed by atoms with van der Waals surface area (Å²) in [5, 5.41) is 1.08. The highest BCUT2D eigenvalue weighted by Gasteiger charge is 2.44. The van der Waals surface area contributed by atoms with Crippen molar-refractivity contribution in [2.45, 2.75) is 37.5 Å². The van der Waals surface area contributed by atoms with E-state index in [2.05, 4.69) is 56.7 Å². The summed E-state index contributed by atoms with van der Waals surface area (Å²) in [5.74, 6) is 1.33. The Morgan fingerprint density at radius 1 is 0.975 bits per heavy atom. The molecule has 5 aromatic rings. The van der Waals surface area contributed by atoms with E-state index in [-0.39, 0.29) is 17.2 Å². The molecule has 1 saturated carbocycles. The van der Waals surface area contributed by atoms with Gasteiger partial charge < -0.3 is 16.4 Å². The van der Waals surface area contributed by atoms with Gasteiger partial charge >= 0.3 is 0 Å². The van der Waals surface area contributed by atoms with Gasteiger partial charge in [0.2, 0.25) is 5.91 Å². The van der Waals surface area contributed by atoms with E-state index >= 15 is 0 Å². The molecule has 7 rings (SSSR count). The molecule has 8 heteroatoms. The number of piperidine rings is 1. The van der Waals surface area contributed by atoms with Crippen LogP contribution in [0, 0.1) is 5.92 Å². The largest absolute Gasteiger partial charge is 0.382 e. The molecule has 202 valence electrons. The number of fused-ring (bicyclic) bond motifs is 2. The Balaban J connectivity index is 1.29. The molecule has 4 heterocycles. The zero-order valence-electron chi connectivity index (χ0n) is 22.5. The molecule has 2 fully saturated rings. The van der Waals surface area contributed by atoms with E-state index in [1.54, 1.807) is 6.20 Å². The van der Waals surface area contributed by atoms with E-state index in [1.807, 2.05) is 24.4 Å². The first-order chi connectivity index (χ1) is 19.5. The number of aromatic nitrogens is 4. The lowest BCUT2D eigenvalue weighted by molar-refractivity contribution is -0.123. The second-order valence-electron chi connectivity index (χ2n) is 11.4. The molecular weight excluding hydrogens is 498 g/mol. The maximum absolute atomic E-state index is 11.7. The van der Waals surface area contributed by atoms with Crippen LogP contribution in [-0.4, -0.2) is 49.8 Å². The van der Waals surface area contributed by atoms with Crippen LogP contribution in [0.25, 0.3) is 38.9 Å². The molecular formula is C32H33N7O. The number of anilines is 1. The molecule has 3 aromatic heterocycles. The van der Waals surface area contributed by atoms with Gasteiger partial charge in [0.25, 0.3) is 0 Å². The molecule has 40 heavy (non-hydrogen) atoms. The zero-order valence-corrected chi connectivity index (χ0v) is 22.5. The van der Waals surface area contributed by atoms with Gasteiger partial charge in [-0.05, 0) is 50.9 Å². The predicted molar refractivity (Wildman–Crippen MR) is 157 cm³/mol. The van der Waals surface area contributed by atoms with Crippen LogP contribution >= 0.6 is 0 Å². The van der Waals surface area contributed by atoms with Crippen molar-refractivity contribution in [3.05, 3.63) is 78.9 Å². The van der Waals surface area contributed by atoms with Gasteiger partial charge in [0.05, 0.1) is 11.2 Å². The van der Waals surface area contributed by atoms with Gasteiger partial charge in [0, 0.05) is 46.8 Å². The number of primary amides is 1. The summed E-state index contributed by atoms with van der Waals surface area (Å²) in [6.45, 7) is 2.68. The van der Waals surface area contributed by atoms with Gasteiger partial charge in [-0.15, -0.1) is 0 Å². The van der Waals surface area contributed by atoms with Gasteiger partial charge in [-0.1, -0.05) is 55.0 Å². The summed E-state index contributed by atoms with van der Waals surface area (Å²) in [6.07, 6.45) is 8.72. The highest BCUT2D eigenvalue weighted by Crippen LogP contribution is 2.46. The van der Waals surface area contributed by atoms with Crippen LogP contribution < -0.4 is 11.5 Å². The average Bonchev–Trinajstić information content (AvgIpc) is 3.36. The van der Waals surface area contributed by atoms with Crippen LogP contribution in [0.5, 0.6) is 0 Å². The SMILES string of the molecule is NC(=O)C1CCN(CC2(c3nc(-c4ccc5ccc(-c6ccccc6)nc5c4)c4c(N)nccn34)CCC2)CC1. The first-order valence-electron chi connectivity index (χ1n) is 14.1. The quantitative estimate of drug-likeness (QED) is 0.325. The predicted octanol–water partition coefficient (Wildman–Crippen LogP) is 4.81. The molecule has 2 aromatic carbocycles. The summed E-state index contributed by atoms with van der Waals surface area (Å²) in [4.78, 5) is 28.9. The van der Waals surface area contributed by atoms with Gasteiger partial charge in [-0.25, -0.2) is 15.0 Å². The maximum Gasteiger partial charge on any atom is 0.220 e. The Bertz CT molecular complexity index is 1720. The zero-order chi connectivity index (χ0) is 27.3. The molecule has 0 spiro atoms. The minimum atomic E-state index is -0.175. The van der Waals surface area contributed by atoms with E-state index in [4.69, 9.17) is 21.4 Å². The van der Waals surface area contributed by atoms with Crippen LogP contribution in [0.2, 0.25) is 0 Å². The molecule has 1 aliphatic heterocycles. The Morgan fingerprint density at radius 3 is 2.48 bits per heavy atom. The third-order valence-electron chi connectivity index (χ3n) is 8.92. The lowest BCUT2D eigenvalue weighted by Crippen LogP contribution is -2.49. The summed E-state index contributed by atoms with van der Waals surface area (Å²) in [7, 11) is 0. The number of benzene rings is 2. The van der Waals surface area contributed by atoms with Crippen LogP contribution in [0.3, 0.4) is 0 Å². The van der Waals surface area contributed by atoms with E-state index in [9.17, 15) is 4.79 Å². The number of carbonyl (C=O) groups excluding carboxylic acids is 1. The van der Waals surface area contributed by atoms with Crippen LogP contribution in [-0.2, 0) is 10.2 Å². The smallest absolute Gasteiger partial charge is 0.220 e. The number of imidazole rings is 1. The number of hydrogen-bond donors (Lipinski definition) is 2. The highest BCUT2D eigenvalue weighted by molar-refractivity contribution is 5.91. The van der Waals surface area contributed by atoms with Crippen molar-refractivity contribution < 1.29 is 4.79 Å². The topological polar surface area (TPSA) is 115 Å². The first kappa shape index (κ1) is 24.7. The van der Waals surface area contributed by atoms with Crippen LogP contribution in [0.1, 0.15) is 37.9 Å². The third kappa shape index (κ3) is 4.19. The number of carbonyl (C=O) groups is 1. The number of nitrogens with two attached hydrogens (primary N) is 2. The second-order valence-corrected chi connectivity index (χ2v) is 11.4. The molecule has 1 saturated heterocycles. The maximum atomic E-state index is 11.7. The Labute approximate surface area is 233 Å². The van der Waals surface area contributed by atoms with E-state index in [0.717, 1.165) is 90.1 Å². The summed E-state index contributed by atoms with van der Waals surface area (Å²) in [5.41, 5.74) is 17.6. The number of likely N-dealkylation sites (tertiary alicyclic amines) is 1. The molecule has 8 nitrogen and oxygen atoms in total. The fraction of sp³-hybridized carbons (Fsp3) is 0.312. The fourth-order valence-corrected chi connectivity index (χ4v) is 6.53. The second kappa shape index (κ2) is 9.71. The van der Waals surface area contributed by atoms with Gasteiger partial charge in [0.1, 0.15) is 22.9 Å². The lowest BCUT2D eigenvalue weighted by Gasteiger charge is -2.45. The molecule has 4 N–H and O–H groups in total. The summed E-state index contributed by atoms with van der Waals surface area (Å²) < 4.78 is 2.16. The Morgan fingerprint density at radius 2 is 1.75 bits per heavy atom. The molecule has 0 atom stereocenters. The van der Waals surface area contributed by atoms with Crippen LogP contribution in [0.15, 0.2) is 73.1 Å². The third-order valence-corrected chi connectivity index (χ3v) is 8.92. The van der Waals surface area contributed by atoms with Crippen molar-refractivity contribution in [2.75, 3.05) is 25.4 Å². The van der Waals surface area contributed by atoms with E-state index < -0.39 is 0 Å². The van der Waals surface area contributed by atoms with Gasteiger partial charge in [-0.3, -0.25) is 9.20 Å². The molecule has 0 unspecified atom stereocenters. The van der Waals surface area contributed by atoms with Gasteiger partial charge in [-0.2, -0.15) is 0 Å². The van der Waals surface area contributed by atoms with Crippen molar-refractivity contribution in [1.29, 1.82) is 0 Å². The number of amides is 1. The molecule has 0 bridgehead atoms. The number of rotatable bonds is 6. The van der Waals surface area contributed by atoms with Crippen molar-refractivity contribution in [1.82, 2.24) is 24.3 Å². The minimum Gasteiger partial charge on any atom is -0.382 e. The Hall–Kier alpha value is -4.30. The summed E-state index contributed by atoms with van der Waals surface area (Å²) >= 11 is 0.